The zero-order valence-electron chi connectivity index (χ0n) is 16.0. The average Bonchev–Trinajstić information content (AvgIpc) is 2.96. The van der Waals surface area contributed by atoms with E-state index in [9.17, 15) is 19.2 Å². The molecule has 2 fully saturated rings. The fourth-order valence-electron chi connectivity index (χ4n) is 3.74. The monoisotopic (exact) mass is 441 g/mol. The van der Waals surface area contributed by atoms with E-state index in [1.165, 1.54) is 13.1 Å². The molecule has 1 saturated carbocycles. The Morgan fingerprint density at radius 3 is 2.41 bits per heavy atom. The molecule has 1 aromatic heterocycles. The smallest absolute Gasteiger partial charge is 0.329 e. The molecular weight excluding hydrogens is 421 g/mol. The molecule has 156 valence electrons. The standard InChI is InChI=1S/C19H21Cl2N3O5/c1-9-13(20)7-22-16(15(9)21)23-14(25)8-29-19(28)10(2)24-17(26)11-5-3-4-6-12(11)18(24)27/h7,10-12H,3-6,8H2,1-2H3,(H,22,23,25)/t10-,11+,12+/m1/s1. The van der Waals surface area contributed by atoms with E-state index in [2.05, 4.69) is 10.3 Å². The van der Waals surface area contributed by atoms with Crippen LogP contribution in [0.2, 0.25) is 10.0 Å². The molecule has 1 N–H and O–H groups in total. The first-order valence-electron chi connectivity index (χ1n) is 9.36. The number of hydrogen-bond donors (Lipinski definition) is 1. The van der Waals surface area contributed by atoms with Crippen molar-refractivity contribution in [2.45, 2.75) is 45.6 Å². The van der Waals surface area contributed by atoms with Gasteiger partial charge < -0.3 is 10.1 Å². The molecule has 0 radical (unpaired) electrons. The molecule has 3 amide bonds. The van der Waals surface area contributed by atoms with Crippen LogP contribution in [0, 0.1) is 18.8 Å². The lowest BCUT2D eigenvalue weighted by atomic mass is 9.81. The number of hydrogen-bond acceptors (Lipinski definition) is 6. The summed E-state index contributed by atoms with van der Waals surface area (Å²) >= 11 is 12.0. The van der Waals surface area contributed by atoms with E-state index in [1.807, 2.05) is 0 Å². The van der Waals surface area contributed by atoms with Gasteiger partial charge in [-0.05, 0) is 32.3 Å². The molecular formula is C19H21Cl2N3O5. The minimum absolute atomic E-state index is 0.0941. The Hall–Kier alpha value is -2.19. The summed E-state index contributed by atoms with van der Waals surface area (Å²) in [6, 6.07) is -1.09. The van der Waals surface area contributed by atoms with E-state index in [0.29, 0.717) is 23.4 Å². The highest BCUT2D eigenvalue weighted by molar-refractivity contribution is 6.37. The molecule has 3 rings (SSSR count). The van der Waals surface area contributed by atoms with Crippen molar-refractivity contribution in [1.82, 2.24) is 9.88 Å². The maximum atomic E-state index is 12.6. The van der Waals surface area contributed by atoms with Gasteiger partial charge in [0, 0.05) is 6.20 Å². The highest BCUT2D eigenvalue weighted by Gasteiger charge is 2.51. The Labute approximate surface area is 177 Å². The van der Waals surface area contributed by atoms with Gasteiger partial charge in [-0.25, -0.2) is 9.78 Å². The van der Waals surface area contributed by atoms with Gasteiger partial charge in [0.25, 0.3) is 5.91 Å². The van der Waals surface area contributed by atoms with Crippen molar-refractivity contribution in [3.8, 4) is 0 Å². The summed E-state index contributed by atoms with van der Waals surface area (Å²) in [7, 11) is 0. The number of nitrogens with one attached hydrogen (secondary N) is 1. The number of carbonyl (C=O) groups is 4. The number of imide groups is 1. The predicted molar refractivity (Wildman–Crippen MR) is 105 cm³/mol. The van der Waals surface area contributed by atoms with E-state index >= 15 is 0 Å². The van der Waals surface area contributed by atoms with Crippen LogP contribution in [0.3, 0.4) is 0 Å². The van der Waals surface area contributed by atoms with Gasteiger partial charge in [-0.3, -0.25) is 19.3 Å². The predicted octanol–water partition coefficient (Wildman–Crippen LogP) is 2.74. The van der Waals surface area contributed by atoms with Crippen LogP contribution >= 0.6 is 23.2 Å². The lowest BCUT2D eigenvalue weighted by Crippen LogP contribution is -2.45. The summed E-state index contributed by atoms with van der Waals surface area (Å²) in [4.78, 5) is 54.4. The summed E-state index contributed by atoms with van der Waals surface area (Å²) in [5, 5.41) is 2.97. The third kappa shape index (κ3) is 4.23. The minimum atomic E-state index is -1.09. The van der Waals surface area contributed by atoms with E-state index in [1.54, 1.807) is 6.92 Å². The Morgan fingerprint density at radius 1 is 1.24 bits per heavy atom. The average molecular weight is 442 g/mol. The normalized spacial score (nSPS) is 22.3. The van der Waals surface area contributed by atoms with Gasteiger partial charge in [-0.15, -0.1) is 0 Å². The Kier molecular flexibility index (Phi) is 6.43. The summed E-state index contributed by atoms with van der Waals surface area (Å²) in [5.74, 6) is -2.76. The van der Waals surface area contributed by atoms with Crippen molar-refractivity contribution in [2.75, 3.05) is 11.9 Å². The van der Waals surface area contributed by atoms with Gasteiger partial charge in [-0.2, -0.15) is 0 Å². The second-order valence-corrected chi connectivity index (χ2v) is 8.05. The van der Waals surface area contributed by atoms with Crippen molar-refractivity contribution >= 4 is 52.7 Å². The second kappa shape index (κ2) is 8.67. The van der Waals surface area contributed by atoms with Gasteiger partial charge in [0.05, 0.1) is 21.9 Å². The van der Waals surface area contributed by atoms with Crippen LogP contribution in [0.4, 0.5) is 5.82 Å². The zero-order chi connectivity index (χ0) is 21.3. The number of anilines is 1. The summed E-state index contributed by atoms with van der Waals surface area (Å²) < 4.78 is 5.00. The molecule has 2 aliphatic rings. The van der Waals surface area contributed by atoms with Crippen LogP contribution in [0.5, 0.6) is 0 Å². The van der Waals surface area contributed by atoms with Crippen LogP contribution in [0.25, 0.3) is 0 Å². The van der Waals surface area contributed by atoms with Gasteiger partial charge in [0.15, 0.2) is 12.4 Å². The molecule has 0 bridgehead atoms. The number of pyridine rings is 1. The summed E-state index contributed by atoms with van der Waals surface area (Å²) in [6.07, 6.45) is 4.45. The third-order valence-electron chi connectivity index (χ3n) is 5.41. The molecule has 10 heteroatoms. The Morgan fingerprint density at radius 2 is 1.83 bits per heavy atom. The number of halogens is 2. The number of fused-ring (bicyclic) bond motifs is 1. The maximum Gasteiger partial charge on any atom is 0.329 e. The first kappa shape index (κ1) is 21.5. The van der Waals surface area contributed by atoms with Crippen LogP contribution in [-0.2, 0) is 23.9 Å². The van der Waals surface area contributed by atoms with Crippen LogP contribution in [0.15, 0.2) is 6.20 Å². The van der Waals surface area contributed by atoms with E-state index in [4.69, 9.17) is 27.9 Å². The highest BCUT2D eigenvalue weighted by atomic mass is 35.5. The second-order valence-electron chi connectivity index (χ2n) is 7.27. The molecule has 8 nitrogen and oxygen atoms in total. The van der Waals surface area contributed by atoms with Gasteiger partial charge >= 0.3 is 5.97 Å². The molecule has 1 aliphatic heterocycles. The molecule has 1 saturated heterocycles. The van der Waals surface area contributed by atoms with Crippen molar-refractivity contribution in [2.24, 2.45) is 11.8 Å². The van der Waals surface area contributed by atoms with E-state index < -0.39 is 24.5 Å². The lowest BCUT2D eigenvalue weighted by Gasteiger charge is -2.21. The molecule has 1 aliphatic carbocycles. The largest absolute Gasteiger partial charge is 0.454 e. The number of likely N-dealkylation sites (tertiary alicyclic amines) is 1. The van der Waals surface area contributed by atoms with E-state index in [-0.39, 0.29) is 34.5 Å². The van der Waals surface area contributed by atoms with E-state index in [0.717, 1.165) is 17.7 Å². The number of aromatic nitrogens is 1. The summed E-state index contributed by atoms with van der Waals surface area (Å²) in [6.45, 7) is 2.49. The van der Waals surface area contributed by atoms with Gasteiger partial charge in [0.2, 0.25) is 11.8 Å². The summed E-state index contributed by atoms with van der Waals surface area (Å²) in [5.41, 5.74) is 0.553. The number of rotatable bonds is 5. The highest BCUT2D eigenvalue weighted by Crippen LogP contribution is 2.39. The molecule has 2 heterocycles. The number of amides is 3. The zero-order valence-corrected chi connectivity index (χ0v) is 17.5. The Balaban J connectivity index is 1.57. The fraction of sp³-hybridized carbons (Fsp3) is 0.526. The molecule has 1 aromatic rings. The quantitative estimate of drug-likeness (QED) is 0.556. The SMILES string of the molecule is Cc1c(Cl)cnc(NC(=O)COC(=O)[C@@H](C)N2C(=O)[C@H]3CCCC[C@@H]3C2=O)c1Cl. The number of ether oxygens (including phenoxy) is 1. The van der Waals surface area contributed by atoms with Crippen molar-refractivity contribution in [1.29, 1.82) is 0 Å². The number of carbonyl (C=O) groups excluding carboxylic acids is 4. The maximum absolute atomic E-state index is 12.6. The molecule has 29 heavy (non-hydrogen) atoms. The molecule has 0 spiro atoms. The first-order valence-corrected chi connectivity index (χ1v) is 10.1. The van der Waals surface area contributed by atoms with Gasteiger partial charge in [0.1, 0.15) is 6.04 Å². The first-order chi connectivity index (χ1) is 13.7. The molecule has 3 atom stereocenters. The lowest BCUT2D eigenvalue weighted by molar-refractivity contribution is -0.159. The van der Waals surface area contributed by atoms with Crippen molar-refractivity contribution in [3.05, 3.63) is 21.8 Å². The fourth-order valence-corrected chi connectivity index (χ4v) is 4.13. The van der Waals surface area contributed by atoms with Crippen LogP contribution < -0.4 is 5.32 Å². The molecule has 0 aromatic carbocycles. The van der Waals surface area contributed by atoms with Crippen LogP contribution in [0.1, 0.15) is 38.2 Å². The number of nitrogens with zero attached hydrogens (tertiary/aromatic N) is 2. The minimum Gasteiger partial charge on any atom is -0.454 e. The number of esters is 1. The van der Waals surface area contributed by atoms with Crippen molar-refractivity contribution < 1.29 is 23.9 Å². The van der Waals surface area contributed by atoms with Crippen LogP contribution in [-0.4, -0.2) is 46.2 Å². The molecule has 0 unspecified atom stereocenters. The van der Waals surface area contributed by atoms with Gasteiger partial charge in [-0.1, -0.05) is 36.0 Å². The third-order valence-corrected chi connectivity index (χ3v) is 6.25. The Bertz CT molecular complexity index is 852. The van der Waals surface area contributed by atoms with Crippen molar-refractivity contribution in [3.63, 3.8) is 0 Å². The topological polar surface area (TPSA) is 106 Å².